The van der Waals surface area contributed by atoms with Crippen LogP contribution in [0.15, 0.2) is 102 Å². The molecule has 4 aromatic rings. The van der Waals surface area contributed by atoms with Crippen molar-refractivity contribution in [2.75, 3.05) is 18.0 Å². The highest BCUT2D eigenvalue weighted by Gasteiger charge is 2.35. The fourth-order valence-corrected chi connectivity index (χ4v) is 6.71. The number of nitrogens with zero attached hydrogens (tertiary/aromatic N) is 2. The van der Waals surface area contributed by atoms with E-state index in [1.165, 1.54) is 48.4 Å². The highest BCUT2D eigenvalue weighted by molar-refractivity contribution is 7.92. The van der Waals surface area contributed by atoms with Crippen molar-refractivity contribution < 1.29 is 22.7 Å². The summed E-state index contributed by atoms with van der Waals surface area (Å²) in [5, 5.41) is 4.00. The van der Waals surface area contributed by atoms with Crippen molar-refractivity contribution >= 4 is 62.3 Å². The number of nitrogens with one attached hydrogen (secondary N) is 1. The molecule has 4 rings (SSSR count). The average Bonchev–Trinajstić information content (AvgIpc) is 3.03. The van der Waals surface area contributed by atoms with Crippen molar-refractivity contribution in [2.24, 2.45) is 0 Å². The number of sulfonamides is 1. The lowest BCUT2D eigenvalue weighted by Gasteiger charge is -2.35. The number of methoxy groups -OCH3 is 1. The standard InChI is InChI=1S/C35H36Cl3N3O5S/c1-35(2,3)39-34(43)32(21-24-8-6-5-7-9-24)40(22-25-10-19-30(37)31(38)20-25)33(42)23-41(27-13-11-26(36)12-14-27)47(44,45)29-17-15-28(46-4)16-18-29/h5-20,32H,21-23H2,1-4H3,(H,39,43)/t32-/m0/s1. The molecule has 0 saturated heterocycles. The zero-order chi connectivity index (χ0) is 34.4. The molecule has 0 aliphatic carbocycles. The quantitative estimate of drug-likeness (QED) is 0.165. The zero-order valence-corrected chi connectivity index (χ0v) is 29.5. The van der Waals surface area contributed by atoms with E-state index in [1.54, 1.807) is 30.3 Å². The maximum absolute atomic E-state index is 14.6. The topological polar surface area (TPSA) is 96.0 Å². The first-order chi connectivity index (χ1) is 22.2. The summed E-state index contributed by atoms with van der Waals surface area (Å²) >= 11 is 18.7. The second-order valence-corrected chi connectivity index (χ2v) is 15.0. The smallest absolute Gasteiger partial charge is 0.264 e. The van der Waals surface area contributed by atoms with Crippen molar-refractivity contribution in [3.63, 3.8) is 0 Å². The van der Waals surface area contributed by atoms with E-state index in [1.807, 2.05) is 51.1 Å². The van der Waals surface area contributed by atoms with Gasteiger partial charge in [-0.2, -0.15) is 0 Å². The highest BCUT2D eigenvalue weighted by atomic mass is 35.5. The van der Waals surface area contributed by atoms with E-state index in [2.05, 4.69) is 5.32 Å². The summed E-state index contributed by atoms with van der Waals surface area (Å²) in [6.07, 6.45) is 0.169. The molecule has 0 aromatic heterocycles. The van der Waals surface area contributed by atoms with Crippen LogP contribution in [0, 0.1) is 0 Å². The van der Waals surface area contributed by atoms with Crippen LogP contribution in [0.4, 0.5) is 5.69 Å². The summed E-state index contributed by atoms with van der Waals surface area (Å²) < 4.78 is 34.5. The number of hydrogen-bond donors (Lipinski definition) is 1. The Morgan fingerprint density at radius 2 is 1.47 bits per heavy atom. The van der Waals surface area contributed by atoms with Crippen LogP contribution in [0.1, 0.15) is 31.9 Å². The van der Waals surface area contributed by atoms with E-state index >= 15 is 0 Å². The van der Waals surface area contributed by atoms with Crippen molar-refractivity contribution in [3.8, 4) is 5.75 Å². The fourth-order valence-electron chi connectivity index (χ4n) is 4.85. The lowest BCUT2D eigenvalue weighted by atomic mass is 10.0. The number of ether oxygens (including phenoxy) is 1. The molecule has 0 aliphatic rings. The number of carbonyl (C=O) groups is 2. The van der Waals surface area contributed by atoms with Gasteiger partial charge in [0.1, 0.15) is 18.3 Å². The third-order valence-corrected chi connectivity index (χ3v) is 9.93. The number of hydrogen-bond acceptors (Lipinski definition) is 5. The van der Waals surface area contributed by atoms with Gasteiger partial charge in [-0.25, -0.2) is 8.42 Å². The zero-order valence-electron chi connectivity index (χ0n) is 26.4. The highest BCUT2D eigenvalue weighted by Crippen LogP contribution is 2.28. The minimum atomic E-state index is -4.29. The Hall–Kier alpha value is -3.76. The number of anilines is 1. The van der Waals surface area contributed by atoms with Gasteiger partial charge in [0.25, 0.3) is 10.0 Å². The number of amides is 2. The summed E-state index contributed by atoms with van der Waals surface area (Å²) in [5.41, 5.74) is 1.02. The molecule has 0 heterocycles. The first-order valence-corrected chi connectivity index (χ1v) is 17.3. The summed E-state index contributed by atoms with van der Waals surface area (Å²) in [6.45, 7) is 4.87. The molecule has 4 aromatic carbocycles. The predicted molar refractivity (Wildman–Crippen MR) is 188 cm³/mol. The minimum Gasteiger partial charge on any atom is -0.497 e. The normalized spacial score (nSPS) is 12.2. The Morgan fingerprint density at radius 3 is 2.04 bits per heavy atom. The van der Waals surface area contributed by atoms with Gasteiger partial charge in [0.05, 0.1) is 27.7 Å². The molecule has 1 atom stereocenters. The van der Waals surface area contributed by atoms with Gasteiger partial charge in [-0.15, -0.1) is 0 Å². The molecule has 47 heavy (non-hydrogen) atoms. The fraction of sp³-hybridized carbons (Fsp3) is 0.257. The maximum atomic E-state index is 14.6. The Bertz CT molecular complexity index is 1800. The molecule has 2 amide bonds. The summed E-state index contributed by atoms with van der Waals surface area (Å²) in [6, 6.07) is 25.2. The van der Waals surface area contributed by atoms with E-state index < -0.39 is 40.0 Å². The van der Waals surface area contributed by atoms with Crippen LogP contribution in [-0.4, -0.2) is 50.4 Å². The van der Waals surface area contributed by atoms with Crippen molar-refractivity contribution in [1.29, 1.82) is 0 Å². The van der Waals surface area contributed by atoms with Crippen LogP contribution in [0.5, 0.6) is 5.75 Å². The van der Waals surface area contributed by atoms with E-state index in [0.29, 0.717) is 21.4 Å². The Balaban J connectivity index is 1.83. The summed E-state index contributed by atoms with van der Waals surface area (Å²) in [4.78, 5) is 29.9. The molecule has 0 bridgehead atoms. The molecule has 248 valence electrons. The lowest BCUT2D eigenvalue weighted by molar-refractivity contribution is -0.140. The van der Waals surface area contributed by atoms with Gasteiger partial charge in [0, 0.05) is 23.5 Å². The third kappa shape index (κ3) is 9.64. The SMILES string of the molecule is COc1ccc(S(=O)(=O)N(CC(=O)N(Cc2ccc(Cl)c(Cl)c2)[C@@H](Cc2ccccc2)C(=O)NC(C)(C)C)c2ccc(Cl)cc2)cc1. The molecule has 0 spiro atoms. The second-order valence-electron chi connectivity index (χ2n) is 11.9. The van der Waals surface area contributed by atoms with Crippen molar-refractivity contribution in [3.05, 3.63) is 123 Å². The van der Waals surface area contributed by atoms with Crippen LogP contribution >= 0.6 is 34.8 Å². The second kappa shape index (κ2) is 15.4. The van der Waals surface area contributed by atoms with Crippen LogP contribution in [0.25, 0.3) is 0 Å². The summed E-state index contributed by atoms with van der Waals surface area (Å²) in [7, 11) is -2.81. The van der Waals surface area contributed by atoms with Gasteiger partial charge in [-0.05, 0) is 92.6 Å². The Morgan fingerprint density at radius 1 is 0.830 bits per heavy atom. The number of rotatable bonds is 12. The molecule has 8 nitrogen and oxygen atoms in total. The Kier molecular flexibility index (Phi) is 11.8. The van der Waals surface area contributed by atoms with Gasteiger partial charge in [0.15, 0.2) is 0 Å². The molecule has 1 N–H and O–H groups in total. The molecular weight excluding hydrogens is 681 g/mol. The number of benzene rings is 4. The van der Waals surface area contributed by atoms with E-state index in [-0.39, 0.29) is 28.6 Å². The largest absolute Gasteiger partial charge is 0.497 e. The van der Waals surface area contributed by atoms with Crippen LogP contribution in [0.2, 0.25) is 15.1 Å². The van der Waals surface area contributed by atoms with E-state index in [9.17, 15) is 18.0 Å². The average molecular weight is 717 g/mol. The molecule has 0 saturated carbocycles. The van der Waals surface area contributed by atoms with Crippen LogP contribution in [0.3, 0.4) is 0 Å². The number of carbonyl (C=O) groups excluding carboxylic acids is 2. The van der Waals surface area contributed by atoms with Crippen molar-refractivity contribution in [1.82, 2.24) is 10.2 Å². The molecule has 0 unspecified atom stereocenters. The maximum Gasteiger partial charge on any atom is 0.264 e. The summed E-state index contributed by atoms with van der Waals surface area (Å²) in [5.74, 6) is -0.543. The molecule has 0 aliphatic heterocycles. The third-order valence-electron chi connectivity index (χ3n) is 7.15. The van der Waals surface area contributed by atoms with Gasteiger partial charge >= 0.3 is 0 Å². The molecule has 12 heteroatoms. The van der Waals surface area contributed by atoms with Crippen molar-refractivity contribution in [2.45, 2.75) is 50.2 Å². The van der Waals surface area contributed by atoms with Gasteiger partial charge in [-0.1, -0.05) is 71.2 Å². The lowest BCUT2D eigenvalue weighted by Crippen LogP contribution is -2.56. The molecule has 0 fully saturated rings. The van der Waals surface area contributed by atoms with Crippen LogP contribution < -0.4 is 14.4 Å². The Labute approximate surface area is 291 Å². The first kappa shape index (κ1) is 36.1. The van der Waals surface area contributed by atoms with E-state index in [4.69, 9.17) is 39.5 Å². The monoisotopic (exact) mass is 715 g/mol. The number of halogens is 3. The van der Waals surface area contributed by atoms with Crippen LogP contribution in [-0.2, 0) is 32.6 Å². The van der Waals surface area contributed by atoms with E-state index in [0.717, 1.165) is 9.87 Å². The predicted octanol–water partition coefficient (Wildman–Crippen LogP) is 7.41. The minimum absolute atomic E-state index is 0.0524. The molecule has 0 radical (unpaired) electrons. The van der Waals surface area contributed by atoms with Gasteiger partial charge in [-0.3, -0.25) is 13.9 Å². The van der Waals surface area contributed by atoms with Gasteiger partial charge < -0.3 is 15.0 Å². The molecular formula is C35H36Cl3N3O5S. The van der Waals surface area contributed by atoms with Gasteiger partial charge in [0.2, 0.25) is 11.8 Å². The first-order valence-electron chi connectivity index (χ1n) is 14.7.